The van der Waals surface area contributed by atoms with Crippen LogP contribution in [0.25, 0.3) is 0 Å². The molecule has 0 radical (unpaired) electrons. The molecule has 0 aliphatic carbocycles. The summed E-state index contributed by atoms with van der Waals surface area (Å²) in [6.07, 6.45) is 0. The van der Waals surface area contributed by atoms with Crippen molar-refractivity contribution >= 4 is 9.84 Å². The van der Waals surface area contributed by atoms with Gasteiger partial charge in [-0.25, -0.2) is 8.42 Å². The van der Waals surface area contributed by atoms with Crippen molar-refractivity contribution in [2.45, 2.75) is 51.0 Å². The molecule has 13 heavy (non-hydrogen) atoms. The van der Waals surface area contributed by atoms with Gasteiger partial charge in [-0.15, -0.1) is 0 Å². The van der Waals surface area contributed by atoms with E-state index in [9.17, 15) is 8.42 Å². The zero-order chi connectivity index (χ0) is 10.7. The maximum Gasteiger partial charge on any atom is 0.161 e. The summed E-state index contributed by atoms with van der Waals surface area (Å²) in [7, 11) is -3.00. The van der Waals surface area contributed by atoms with Crippen LogP contribution >= 0.6 is 0 Å². The molecule has 2 nitrogen and oxygen atoms in total. The van der Waals surface area contributed by atoms with Gasteiger partial charge in [0.15, 0.2) is 9.84 Å². The minimum Gasteiger partial charge on any atom is -0.228 e. The molecule has 0 bridgehead atoms. The van der Waals surface area contributed by atoms with E-state index in [1.165, 1.54) is 0 Å². The molecule has 0 N–H and O–H groups in total. The molecule has 0 spiro atoms. The Hall–Kier alpha value is -0.0500. The Bertz CT molecular complexity index is 286. The van der Waals surface area contributed by atoms with Gasteiger partial charge in [0.2, 0.25) is 0 Å². The van der Waals surface area contributed by atoms with Crippen molar-refractivity contribution in [1.29, 1.82) is 0 Å². The Morgan fingerprint density at radius 2 is 1.08 bits per heavy atom. The Morgan fingerprint density at radius 3 is 1.15 bits per heavy atom. The normalized spacial score (nSPS) is 40.5. The van der Waals surface area contributed by atoms with Crippen LogP contribution in [0.5, 0.6) is 0 Å². The Morgan fingerprint density at radius 1 is 0.846 bits per heavy atom. The standard InChI is InChI=1S/C10H20O2S/c1-7-8(2)10(5,6)13(11,12)9(7,3)4/h7-8H,1-6H3. The minimum absolute atomic E-state index is 0.229. The van der Waals surface area contributed by atoms with Crippen LogP contribution in [0, 0.1) is 11.8 Å². The number of hydrogen-bond acceptors (Lipinski definition) is 2. The quantitative estimate of drug-likeness (QED) is 0.606. The highest BCUT2D eigenvalue weighted by Crippen LogP contribution is 2.51. The van der Waals surface area contributed by atoms with E-state index in [2.05, 4.69) is 0 Å². The largest absolute Gasteiger partial charge is 0.228 e. The van der Waals surface area contributed by atoms with Crippen molar-refractivity contribution in [2.75, 3.05) is 0 Å². The molecule has 1 aliphatic rings. The summed E-state index contributed by atoms with van der Waals surface area (Å²) >= 11 is 0. The maximum absolute atomic E-state index is 12.2. The zero-order valence-electron chi connectivity index (χ0n) is 9.38. The van der Waals surface area contributed by atoms with Crippen molar-refractivity contribution < 1.29 is 8.42 Å². The van der Waals surface area contributed by atoms with Gasteiger partial charge in [-0.3, -0.25) is 0 Å². The van der Waals surface area contributed by atoms with E-state index in [1.54, 1.807) is 0 Å². The monoisotopic (exact) mass is 204 g/mol. The average Bonchev–Trinajstić information content (AvgIpc) is 2.05. The molecule has 1 fully saturated rings. The summed E-state index contributed by atoms with van der Waals surface area (Å²) in [5.74, 6) is 0.458. The molecule has 0 saturated carbocycles. The van der Waals surface area contributed by atoms with Crippen molar-refractivity contribution in [1.82, 2.24) is 0 Å². The Balaban J connectivity index is 3.41. The highest BCUT2D eigenvalue weighted by atomic mass is 32.2. The minimum atomic E-state index is -3.00. The lowest BCUT2D eigenvalue weighted by atomic mass is 9.80. The molecule has 0 aromatic heterocycles. The van der Waals surface area contributed by atoms with Gasteiger partial charge < -0.3 is 0 Å². The van der Waals surface area contributed by atoms with Crippen LogP contribution in [0.2, 0.25) is 0 Å². The first-order chi connectivity index (χ1) is 5.57. The molecule has 1 rings (SSSR count). The van der Waals surface area contributed by atoms with E-state index in [1.807, 2.05) is 41.5 Å². The molecule has 3 heteroatoms. The lowest BCUT2D eigenvalue weighted by molar-refractivity contribution is 0.314. The van der Waals surface area contributed by atoms with Crippen LogP contribution in [0.1, 0.15) is 41.5 Å². The molecule has 0 aromatic carbocycles. The van der Waals surface area contributed by atoms with Crippen LogP contribution in [0.3, 0.4) is 0 Å². The third-order valence-electron chi connectivity index (χ3n) is 4.33. The van der Waals surface area contributed by atoms with E-state index < -0.39 is 19.3 Å². The van der Waals surface area contributed by atoms with E-state index in [4.69, 9.17) is 0 Å². The molecular formula is C10H20O2S. The van der Waals surface area contributed by atoms with Gasteiger partial charge >= 0.3 is 0 Å². The number of rotatable bonds is 0. The molecule has 2 unspecified atom stereocenters. The first-order valence-electron chi connectivity index (χ1n) is 4.81. The molecule has 1 heterocycles. The smallest absolute Gasteiger partial charge is 0.161 e. The van der Waals surface area contributed by atoms with Crippen LogP contribution in [-0.2, 0) is 9.84 Å². The summed E-state index contributed by atoms with van der Waals surface area (Å²) < 4.78 is 23.2. The fraction of sp³-hybridized carbons (Fsp3) is 1.00. The van der Waals surface area contributed by atoms with Crippen molar-refractivity contribution in [3.63, 3.8) is 0 Å². The highest BCUT2D eigenvalue weighted by Gasteiger charge is 2.60. The summed E-state index contributed by atoms with van der Waals surface area (Å²) in [6.45, 7) is 11.5. The second kappa shape index (κ2) is 2.50. The van der Waals surface area contributed by atoms with E-state index in [0.29, 0.717) is 0 Å². The van der Waals surface area contributed by atoms with Crippen molar-refractivity contribution in [3.8, 4) is 0 Å². The lowest BCUT2D eigenvalue weighted by Crippen LogP contribution is -2.38. The van der Waals surface area contributed by atoms with Gasteiger partial charge in [-0.05, 0) is 39.5 Å². The van der Waals surface area contributed by atoms with Gasteiger partial charge in [0, 0.05) is 0 Å². The van der Waals surface area contributed by atoms with Crippen molar-refractivity contribution in [2.24, 2.45) is 11.8 Å². The van der Waals surface area contributed by atoms with Gasteiger partial charge in [0.05, 0.1) is 9.49 Å². The summed E-state index contributed by atoms with van der Waals surface area (Å²) in [5, 5.41) is 0. The first-order valence-corrected chi connectivity index (χ1v) is 6.29. The second-order valence-corrected chi connectivity index (χ2v) is 8.40. The van der Waals surface area contributed by atoms with Gasteiger partial charge in [-0.2, -0.15) is 0 Å². The van der Waals surface area contributed by atoms with Crippen LogP contribution in [-0.4, -0.2) is 17.9 Å². The SMILES string of the molecule is CC1C(C)C(C)(C)S(=O)(=O)C1(C)C. The zero-order valence-corrected chi connectivity index (χ0v) is 10.2. The maximum atomic E-state index is 12.2. The average molecular weight is 204 g/mol. The Labute approximate surface area is 81.6 Å². The molecule has 2 atom stereocenters. The Kier molecular flexibility index (Phi) is 2.12. The van der Waals surface area contributed by atoms with Gasteiger partial charge in [0.25, 0.3) is 0 Å². The number of sulfone groups is 1. The first kappa shape index (κ1) is 11.0. The number of hydrogen-bond donors (Lipinski definition) is 0. The lowest BCUT2D eigenvalue weighted by Gasteiger charge is -2.24. The summed E-state index contributed by atoms with van der Waals surface area (Å²) in [6, 6.07) is 0. The summed E-state index contributed by atoms with van der Waals surface area (Å²) in [4.78, 5) is 0. The second-order valence-electron chi connectivity index (χ2n) is 5.29. The van der Waals surface area contributed by atoms with E-state index >= 15 is 0 Å². The fourth-order valence-electron chi connectivity index (χ4n) is 2.37. The third-order valence-corrected chi connectivity index (χ3v) is 7.84. The van der Waals surface area contributed by atoms with Crippen LogP contribution in [0.15, 0.2) is 0 Å². The summed E-state index contributed by atoms with van der Waals surface area (Å²) in [5.41, 5.74) is 0. The van der Waals surface area contributed by atoms with Gasteiger partial charge in [-0.1, -0.05) is 13.8 Å². The molecule has 1 aliphatic heterocycles. The molecule has 0 aromatic rings. The van der Waals surface area contributed by atoms with Crippen molar-refractivity contribution in [3.05, 3.63) is 0 Å². The van der Waals surface area contributed by atoms with E-state index in [-0.39, 0.29) is 11.8 Å². The van der Waals surface area contributed by atoms with Crippen LogP contribution < -0.4 is 0 Å². The third kappa shape index (κ3) is 1.03. The predicted molar refractivity (Wildman–Crippen MR) is 55.4 cm³/mol. The molecule has 1 saturated heterocycles. The topological polar surface area (TPSA) is 34.1 Å². The predicted octanol–water partition coefficient (Wildman–Crippen LogP) is 2.24. The van der Waals surface area contributed by atoms with Crippen LogP contribution in [0.4, 0.5) is 0 Å². The highest BCUT2D eigenvalue weighted by molar-refractivity contribution is 7.94. The van der Waals surface area contributed by atoms with E-state index in [0.717, 1.165) is 0 Å². The fourth-order valence-corrected chi connectivity index (χ4v) is 5.11. The van der Waals surface area contributed by atoms with Gasteiger partial charge in [0.1, 0.15) is 0 Å². The molecule has 78 valence electrons. The molecular weight excluding hydrogens is 184 g/mol. The molecule has 0 amide bonds.